The highest BCUT2D eigenvalue weighted by Crippen LogP contribution is 2.34. The Bertz CT molecular complexity index is 1410. The van der Waals surface area contributed by atoms with Gasteiger partial charge in [-0.3, -0.25) is 14.9 Å². The predicted molar refractivity (Wildman–Crippen MR) is 130 cm³/mol. The van der Waals surface area contributed by atoms with Gasteiger partial charge in [-0.15, -0.1) is 0 Å². The number of non-ortho nitro benzene ring substituents is 1. The summed E-state index contributed by atoms with van der Waals surface area (Å²) in [5.41, 5.74) is 5.23. The first kappa shape index (κ1) is 23.3. The van der Waals surface area contributed by atoms with Crippen LogP contribution in [-0.2, 0) is 6.61 Å². The number of carbonyl (C=O) groups is 1. The minimum Gasteiger partial charge on any atom is -0.486 e. The summed E-state index contributed by atoms with van der Waals surface area (Å²) in [4.78, 5) is 22.7. The molecule has 4 rings (SSSR count). The highest BCUT2D eigenvalue weighted by Gasteiger charge is 2.15. The Morgan fingerprint density at radius 2 is 1.91 bits per heavy atom. The van der Waals surface area contributed by atoms with E-state index in [4.69, 9.17) is 32.4 Å². The number of ether oxygens (including phenoxy) is 1. The number of furan rings is 1. The Morgan fingerprint density at radius 1 is 1.15 bits per heavy atom. The van der Waals surface area contributed by atoms with Crippen molar-refractivity contribution in [3.05, 3.63) is 103 Å². The molecule has 172 valence electrons. The normalized spacial score (nSPS) is 11.1. The number of rotatable bonds is 7. The summed E-state index contributed by atoms with van der Waals surface area (Å²) in [7, 11) is 0. The van der Waals surface area contributed by atoms with Crippen molar-refractivity contribution in [2.45, 2.75) is 13.5 Å². The molecule has 0 aliphatic carbocycles. The molecule has 0 atom stereocenters. The summed E-state index contributed by atoms with van der Waals surface area (Å²) in [6, 6.07) is 16.6. The van der Waals surface area contributed by atoms with Gasteiger partial charge in [0.2, 0.25) is 0 Å². The Morgan fingerprint density at radius 3 is 2.62 bits per heavy atom. The number of hydrazone groups is 1. The third-order valence-corrected chi connectivity index (χ3v) is 5.36. The van der Waals surface area contributed by atoms with Crippen LogP contribution in [0.1, 0.15) is 27.2 Å². The second-order valence-electron chi connectivity index (χ2n) is 7.38. The topological polar surface area (TPSA) is 107 Å². The third kappa shape index (κ3) is 5.36. The van der Waals surface area contributed by atoms with Crippen LogP contribution in [0.3, 0.4) is 0 Å². The molecule has 0 radical (unpaired) electrons. The molecule has 0 bridgehead atoms. The first-order valence-electron chi connectivity index (χ1n) is 9.99. The lowest BCUT2D eigenvalue weighted by atomic mass is 10.1. The standard InChI is InChI=1S/C24H17Cl2N3O5/c1-14-3-2-4-15(7-14)13-33-23-19(25)8-16(9-20(23)26)12-27-28-24(30)22-11-17-10-18(29(31)32)5-6-21(17)34-22/h2-12H,13H2,1H3,(H,28,30)/b27-12-. The van der Waals surface area contributed by atoms with Crippen molar-refractivity contribution in [2.24, 2.45) is 5.10 Å². The summed E-state index contributed by atoms with van der Waals surface area (Å²) in [5.74, 6) is -0.309. The lowest BCUT2D eigenvalue weighted by molar-refractivity contribution is -0.384. The molecule has 0 saturated heterocycles. The van der Waals surface area contributed by atoms with Crippen molar-refractivity contribution in [1.82, 2.24) is 5.43 Å². The average Bonchev–Trinajstić information content (AvgIpc) is 3.22. The zero-order valence-corrected chi connectivity index (χ0v) is 19.3. The second kappa shape index (κ2) is 9.94. The smallest absolute Gasteiger partial charge is 0.307 e. The number of nitro groups is 1. The Kier molecular flexibility index (Phi) is 6.81. The molecule has 1 amide bonds. The highest BCUT2D eigenvalue weighted by atomic mass is 35.5. The van der Waals surface area contributed by atoms with E-state index in [9.17, 15) is 14.9 Å². The average molecular weight is 498 g/mol. The Labute approximate surface area is 203 Å². The summed E-state index contributed by atoms with van der Waals surface area (Å²) in [5, 5.41) is 15.8. The van der Waals surface area contributed by atoms with E-state index in [-0.39, 0.29) is 11.4 Å². The number of nitro benzene ring substituents is 1. The van der Waals surface area contributed by atoms with Crippen LogP contribution in [0, 0.1) is 17.0 Å². The minimum atomic E-state index is -0.620. The fourth-order valence-corrected chi connectivity index (χ4v) is 3.84. The summed E-state index contributed by atoms with van der Waals surface area (Å²) in [6.45, 7) is 2.31. The molecule has 0 aliphatic heterocycles. The molecule has 4 aromatic rings. The van der Waals surface area contributed by atoms with Crippen molar-refractivity contribution < 1.29 is 18.9 Å². The zero-order valence-electron chi connectivity index (χ0n) is 17.7. The maximum atomic E-state index is 12.3. The quantitative estimate of drug-likeness (QED) is 0.183. The second-order valence-corrected chi connectivity index (χ2v) is 8.19. The number of aryl methyl sites for hydroxylation is 1. The first-order valence-corrected chi connectivity index (χ1v) is 10.7. The van der Waals surface area contributed by atoms with Crippen LogP contribution in [0.2, 0.25) is 10.0 Å². The van der Waals surface area contributed by atoms with E-state index in [1.165, 1.54) is 30.5 Å². The zero-order chi connectivity index (χ0) is 24.2. The number of fused-ring (bicyclic) bond motifs is 1. The van der Waals surface area contributed by atoms with Gasteiger partial charge in [0, 0.05) is 17.5 Å². The van der Waals surface area contributed by atoms with Gasteiger partial charge in [0.15, 0.2) is 11.5 Å². The monoisotopic (exact) mass is 497 g/mol. The lowest BCUT2D eigenvalue weighted by Gasteiger charge is -2.11. The fraction of sp³-hybridized carbons (Fsp3) is 0.0833. The molecule has 8 nitrogen and oxygen atoms in total. The predicted octanol–water partition coefficient (Wildman–Crippen LogP) is 6.30. The molecule has 0 unspecified atom stereocenters. The van der Waals surface area contributed by atoms with Crippen LogP contribution in [0.15, 0.2) is 70.2 Å². The van der Waals surface area contributed by atoms with Crippen LogP contribution in [-0.4, -0.2) is 17.0 Å². The Balaban J connectivity index is 1.41. The first-order chi connectivity index (χ1) is 16.3. The molecule has 1 N–H and O–H groups in total. The molecular formula is C24H17Cl2N3O5. The van der Waals surface area contributed by atoms with Gasteiger partial charge in [-0.05, 0) is 42.3 Å². The number of amides is 1. The van der Waals surface area contributed by atoms with Crippen molar-refractivity contribution in [3.63, 3.8) is 0 Å². The number of carbonyl (C=O) groups excluding carboxylic acids is 1. The van der Waals surface area contributed by atoms with Gasteiger partial charge in [-0.1, -0.05) is 53.0 Å². The number of nitrogens with one attached hydrogen (secondary N) is 1. The van der Waals surface area contributed by atoms with Gasteiger partial charge in [0.1, 0.15) is 12.2 Å². The van der Waals surface area contributed by atoms with Crippen LogP contribution in [0.4, 0.5) is 5.69 Å². The summed E-state index contributed by atoms with van der Waals surface area (Å²) >= 11 is 12.7. The largest absolute Gasteiger partial charge is 0.486 e. The lowest BCUT2D eigenvalue weighted by Crippen LogP contribution is -2.16. The molecule has 3 aromatic carbocycles. The van der Waals surface area contributed by atoms with Crippen molar-refractivity contribution >= 4 is 52.0 Å². The van der Waals surface area contributed by atoms with Crippen LogP contribution < -0.4 is 10.2 Å². The van der Waals surface area contributed by atoms with Gasteiger partial charge in [-0.25, -0.2) is 5.43 Å². The van der Waals surface area contributed by atoms with Crippen molar-refractivity contribution in [1.29, 1.82) is 0 Å². The van der Waals surface area contributed by atoms with Crippen LogP contribution in [0.25, 0.3) is 11.0 Å². The van der Waals surface area contributed by atoms with Crippen LogP contribution >= 0.6 is 23.2 Å². The molecule has 34 heavy (non-hydrogen) atoms. The van der Waals surface area contributed by atoms with Crippen molar-refractivity contribution in [2.75, 3.05) is 0 Å². The molecular weight excluding hydrogens is 481 g/mol. The molecule has 1 aromatic heterocycles. The van der Waals surface area contributed by atoms with Gasteiger partial charge in [0.05, 0.1) is 21.2 Å². The van der Waals surface area contributed by atoms with Gasteiger partial charge in [-0.2, -0.15) is 5.10 Å². The number of hydrogen-bond acceptors (Lipinski definition) is 6. The van der Waals surface area contributed by atoms with E-state index < -0.39 is 10.8 Å². The number of halogens is 2. The highest BCUT2D eigenvalue weighted by molar-refractivity contribution is 6.37. The molecule has 0 fully saturated rings. The molecule has 0 spiro atoms. The fourth-order valence-electron chi connectivity index (χ4n) is 3.23. The van der Waals surface area contributed by atoms with E-state index in [2.05, 4.69) is 10.5 Å². The number of benzene rings is 3. The van der Waals surface area contributed by atoms with Crippen LogP contribution in [0.5, 0.6) is 5.75 Å². The van der Waals surface area contributed by atoms with E-state index in [0.29, 0.717) is 38.9 Å². The number of nitrogens with zero attached hydrogens (tertiary/aromatic N) is 2. The molecule has 10 heteroatoms. The third-order valence-electron chi connectivity index (χ3n) is 4.80. The maximum absolute atomic E-state index is 12.3. The Hall–Kier alpha value is -3.88. The van der Waals surface area contributed by atoms with Gasteiger partial charge in [0.25, 0.3) is 5.69 Å². The van der Waals surface area contributed by atoms with Gasteiger partial charge < -0.3 is 9.15 Å². The molecule has 0 saturated carbocycles. The van der Waals surface area contributed by atoms with E-state index in [1.54, 1.807) is 12.1 Å². The van der Waals surface area contributed by atoms with Gasteiger partial charge >= 0.3 is 5.91 Å². The number of hydrogen-bond donors (Lipinski definition) is 1. The minimum absolute atomic E-state index is 0.0383. The van der Waals surface area contributed by atoms with E-state index in [0.717, 1.165) is 11.1 Å². The summed E-state index contributed by atoms with van der Waals surface area (Å²) < 4.78 is 11.2. The SMILES string of the molecule is Cc1cccc(COc2c(Cl)cc(/C=N\NC(=O)c3cc4cc([N+](=O)[O-])ccc4o3)cc2Cl)c1. The summed E-state index contributed by atoms with van der Waals surface area (Å²) in [6.07, 6.45) is 1.37. The van der Waals surface area contributed by atoms with E-state index in [1.807, 2.05) is 31.2 Å². The maximum Gasteiger partial charge on any atom is 0.307 e. The van der Waals surface area contributed by atoms with E-state index >= 15 is 0 Å². The van der Waals surface area contributed by atoms with Crippen molar-refractivity contribution in [3.8, 4) is 5.75 Å². The molecule has 0 aliphatic rings. The molecule has 1 heterocycles.